The van der Waals surface area contributed by atoms with E-state index in [-0.39, 0.29) is 0 Å². The summed E-state index contributed by atoms with van der Waals surface area (Å²) in [5.74, 6) is 2.16. The van der Waals surface area contributed by atoms with Gasteiger partial charge in [0.1, 0.15) is 16.2 Å². The van der Waals surface area contributed by atoms with E-state index in [4.69, 9.17) is 4.74 Å². The van der Waals surface area contributed by atoms with Crippen molar-refractivity contribution in [3.63, 3.8) is 0 Å². The van der Waals surface area contributed by atoms with Gasteiger partial charge in [0.25, 0.3) is 0 Å². The van der Waals surface area contributed by atoms with Crippen molar-refractivity contribution >= 4 is 15.9 Å². The van der Waals surface area contributed by atoms with Gasteiger partial charge in [0, 0.05) is 12.5 Å². The average Bonchev–Trinajstić information content (AvgIpc) is 2.32. The molecule has 4 heteroatoms. The highest BCUT2D eigenvalue weighted by Crippen LogP contribution is 2.22. The Kier molecular flexibility index (Phi) is 4.31. The Bertz CT molecular complexity index is 526. The van der Waals surface area contributed by atoms with Crippen LogP contribution in [0, 0.1) is 6.92 Å². The predicted octanol–water partition coefficient (Wildman–Crippen LogP) is 4.29. The van der Waals surface area contributed by atoms with E-state index in [1.807, 2.05) is 31.2 Å². The summed E-state index contributed by atoms with van der Waals surface area (Å²) in [6.07, 6.45) is 1.87. The van der Waals surface area contributed by atoms with Gasteiger partial charge in [-0.15, -0.1) is 0 Å². The summed E-state index contributed by atoms with van der Waals surface area (Å²) in [7, 11) is 0. The van der Waals surface area contributed by atoms with Crippen molar-refractivity contribution in [3.05, 3.63) is 46.3 Å². The normalized spacial score (nSPS) is 10.4. The summed E-state index contributed by atoms with van der Waals surface area (Å²) in [5, 5.41) is 0. The van der Waals surface area contributed by atoms with Gasteiger partial charge in [-0.2, -0.15) is 4.98 Å². The minimum Gasteiger partial charge on any atom is -0.439 e. The Morgan fingerprint density at radius 2 is 1.89 bits per heavy atom. The molecule has 0 spiro atoms. The summed E-state index contributed by atoms with van der Waals surface area (Å²) in [6, 6.07) is 9.67. The first-order chi connectivity index (χ1) is 8.67. The maximum atomic E-state index is 5.72. The maximum absolute atomic E-state index is 5.72. The fourth-order valence-corrected chi connectivity index (χ4v) is 1.96. The van der Waals surface area contributed by atoms with Crippen molar-refractivity contribution in [2.24, 2.45) is 0 Å². The Morgan fingerprint density at radius 1 is 1.17 bits per heavy atom. The molecule has 3 nitrogen and oxygen atoms in total. The van der Waals surface area contributed by atoms with Crippen molar-refractivity contribution in [2.45, 2.75) is 26.7 Å². The Morgan fingerprint density at radius 3 is 2.56 bits per heavy atom. The Labute approximate surface area is 115 Å². The number of nitrogens with zero attached hydrogens (tertiary/aromatic N) is 2. The summed E-state index contributed by atoms with van der Waals surface area (Å²) >= 11 is 3.38. The molecule has 2 aromatic rings. The van der Waals surface area contributed by atoms with Crippen LogP contribution in [0.25, 0.3) is 0 Å². The minimum atomic E-state index is 0.573. The van der Waals surface area contributed by atoms with E-state index in [0.717, 1.165) is 29.0 Å². The molecule has 1 aromatic heterocycles. The number of hydrogen-bond donors (Lipinski definition) is 0. The lowest BCUT2D eigenvalue weighted by molar-refractivity contribution is 0.457. The fourth-order valence-electron chi connectivity index (χ4n) is 1.56. The van der Waals surface area contributed by atoms with E-state index < -0.39 is 0 Å². The molecule has 1 heterocycles. The van der Waals surface area contributed by atoms with Gasteiger partial charge < -0.3 is 4.74 Å². The largest absolute Gasteiger partial charge is 0.439 e. The number of benzene rings is 1. The van der Waals surface area contributed by atoms with E-state index in [1.54, 1.807) is 6.07 Å². The number of aromatic nitrogens is 2. The number of halogens is 1. The van der Waals surface area contributed by atoms with Gasteiger partial charge in [0.05, 0.1) is 0 Å². The first-order valence-corrected chi connectivity index (χ1v) is 6.74. The molecule has 0 unspecified atom stereocenters. The van der Waals surface area contributed by atoms with E-state index >= 15 is 0 Å². The zero-order valence-corrected chi connectivity index (χ0v) is 12.1. The lowest BCUT2D eigenvalue weighted by Gasteiger charge is -2.07. The smallest absolute Gasteiger partial charge is 0.223 e. The third-order valence-electron chi connectivity index (χ3n) is 2.43. The molecule has 1 aromatic carbocycles. The number of rotatable bonds is 4. The first kappa shape index (κ1) is 13.0. The highest BCUT2D eigenvalue weighted by Gasteiger charge is 2.04. The molecule has 0 radical (unpaired) electrons. The SMILES string of the molecule is CCCc1nc(Br)cc(Oc2ccc(C)cc2)n1. The molecule has 18 heavy (non-hydrogen) atoms. The van der Waals surface area contributed by atoms with Crippen LogP contribution in [0.4, 0.5) is 0 Å². The van der Waals surface area contributed by atoms with E-state index in [1.165, 1.54) is 5.56 Å². The molecule has 0 aliphatic heterocycles. The Hall–Kier alpha value is -1.42. The van der Waals surface area contributed by atoms with Crippen LogP contribution in [0.3, 0.4) is 0 Å². The molecule has 0 aliphatic rings. The van der Waals surface area contributed by atoms with E-state index in [9.17, 15) is 0 Å². The van der Waals surface area contributed by atoms with Gasteiger partial charge in [-0.1, -0.05) is 24.6 Å². The first-order valence-electron chi connectivity index (χ1n) is 5.95. The van der Waals surface area contributed by atoms with Gasteiger partial charge in [-0.05, 0) is 41.4 Å². The fraction of sp³-hybridized carbons (Fsp3) is 0.286. The number of aryl methyl sites for hydroxylation is 2. The van der Waals surface area contributed by atoms with Gasteiger partial charge >= 0.3 is 0 Å². The molecule has 0 N–H and O–H groups in total. The van der Waals surface area contributed by atoms with Crippen LogP contribution >= 0.6 is 15.9 Å². The summed E-state index contributed by atoms with van der Waals surface area (Å²) in [5.41, 5.74) is 1.21. The van der Waals surface area contributed by atoms with Crippen LogP contribution in [-0.4, -0.2) is 9.97 Å². The molecule has 0 aliphatic carbocycles. The predicted molar refractivity (Wildman–Crippen MR) is 75.0 cm³/mol. The molecular weight excluding hydrogens is 292 g/mol. The van der Waals surface area contributed by atoms with Crippen molar-refractivity contribution in [2.75, 3.05) is 0 Å². The van der Waals surface area contributed by atoms with Crippen LogP contribution in [0.15, 0.2) is 34.9 Å². The number of ether oxygens (including phenoxy) is 1. The zero-order valence-electron chi connectivity index (χ0n) is 10.5. The number of hydrogen-bond acceptors (Lipinski definition) is 3. The van der Waals surface area contributed by atoms with Gasteiger partial charge in [0.15, 0.2) is 0 Å². The molecule has 2 rings (SSSR count). The minimum absolute atomic E-state index is 0.573. The molecule has 0 fully saturated rings. The van der Waals surface area contributed by atoms with Crippen LogP contribution in [-0.2, 0) is 6.42 Å². The van der Waals surface area contributed by atoms with Crippen LogP contribution < -0.4 is 4.74 Å². The third kappa shape index (κ3) is 3.53. The Balaban J connectivity index is 2.20. The van der Waals surface area contributed by atoms with E-state index in [0.29, 0.717) is 5.88 Å². The molecule has 0 amide bonds. The molecule has 0 bridgehead atoms. The second-order valence-corrected chi connectivity index (χ2v) is 4.92. The second kappa shape index (κ2) is 5.96. The van der Waals surface area contributed by atoms with Crippen LogP contribution in [0.5, 0.6) is 11.6 Å². The summed E-state index contributed by atoms with van der Waals surface area (Å²) < 4.78 is 6.47. The van der Waals surface area contributed by atoms with Crippen LogP contribution in [0.1, 0.15) is 24.7 Å². The topological polar surface area (TPSA) is 35.0 Å². The zero-order chi connectivity index (χ0) is 13.0. The average molecular weight is 307 g/mol. The molecular formula is C14H15BrN2O. The molecule has 0 saturated carbocycles. The van der Waals surface area contributed by atoms with Crippen molar-refractivity contribution < 1.29 is 4.74 Å². The third-order valence-corrected chi connectivity index (χ3v) is 2.84. The monoisotopic (exact) mass is 306 g/mol. The highest BCUT2D eigenvalue weighted by atomic mass is 79.9. The molecule has 0 saturated heterocycles. The quantitative estimate of drug-likeness (QED) is 0.790. The van der Waals surface area contributed by atoms with Crippen molar-refractivity contribution in [3.8, 4) is 11.6 Å². The standard InChI is InChI=1S/C14H15BrN2O/c1-3-4-13-16-12(15)9-14(17-13)18-11-7-5-10(2)6-8-11/h5-9H,3-4H2,1-2H3. The maximum Gasteiger partial charge on any atom is 0.223 e. The van der Waals surface area contributed by atoms with Gasteiger partial charge in [0.2, 0.25) is 5.88 Å². The molecule has 94 valence electrons. The van der Waals surface area contributed by atoms with Gasteiger partial charge in [-0.3, -0.25) is 0 Å². The van der Waals surface area contributed by atoms with Gasteiger partial charge in [-0.25, -0.2) is 4.98 Å². The van der Waals surface area contributed by atoms with Crippen molar-refractivity contribution in [1.82, 2.24) is 9.97 Å². The van der Waals surface area contributed by atoms with Crippen LogP contribution in [0.2, 0.25) is 0 Å². The lowest BCUT2D eigenvalue weighted by Crippen LogP contribution is -1.97. The molecule has 0 atom stereocenters. The lowest BCUT2D eigenvalue weighted by atomic mass is 10.2. The second-order valence-electron chi connectivity index (χ2n) is 4.11. The van der Waals surface area contributed by atoms with E-state index in [2.05, 4.69) is 32.8 Å². The summed E-state index contributed by atoms with van der Waals surface area (Å²) in [4.78, 5) is 8.68. The van der Waals surface area contributed by atoms with Crippen molar-refractivity contribution in [1.29, 1.82) is 0 Å². The highest BCUT2D eigenvalue weighted by molar-refractivity contribution is 9.10. The summed E-state index contributed by atoms with van der Waals surface area (Å²) in [6.45, 7) is 4.15.